The lowest BCUT2D eigenvalue weighted by atomic mass is 10.0. The van der Waals surface area contributed by atoms with Gasteiger partial charge in [-0.05, 0) is 49.6 Å². The number of carbonyl (C=O) groups excluding carboxylic acids is 2. The molecule has 1 aromatic carbocycles. The van der Waals surface area contributed by atoms with Gasteiger partial charge in [-0.2, -0.15) is 0 Å². The van der Waals surface area contributed by atoms with Crippen LogP contribution in [0.5, 0.6) is 5.75 Å². The van der Waals surface area contributed by atoms with E-state index in [1.54, 1.807) is 24.5 Å². The highest BCUT2D eigenvalue weighted by molar-refractivity contribution is 5.94. The Morgan fingerprint density at radius 2 is 1.78 bits per heavy atom. The molecule has 1 saturated heterocycles. The van der Waals surface area contributed by atoms with E-state index in [-0.39, 0.29) is 17.9 Å². The summed E-state index contributed by atoms with van der Waals surface area (Å²) in [6.45, 7) is 3.90. The number of aromatic nitrogens is 1. The molecule has 1 aliphatic rings. The van der Waals surface area contributed by atoms with E-state index in [1.807, 2.05) is 36.1 Å². The maximum atomic E-state index is 12.5. The van der Waals surface area contributed by atoms with Crippen LogP contribution in [0.3, 0.4) is 0 Å². The van der Waals surface area contributed by atoms with E-state index < -0.39 is 0 Å². The fourth-order valence-electron chi connectivity index (χ4n) is 3.20. The number of nitrogens with one attached hydrogen (secondary N) is 1. The SMILES string of the molecule is CCOc1ccc(CC(=O)N2CCC(NC(=O)c3ccncc3)CC2)cc1. The molecule has 6 heteroatoms. The van der Waals surface area contributed by atoms with Gasteiger partial charge in [-0.1, -0.05) is 12.1 Å². The predicted octanol–water partition coefficient (Wildman–Crippen LogP) is 2.44. The first-order chi connectivity index (χ1) is 13.2. The Morgan fingerprint density at radius 1 is 1.11 bits per heavy atom. The topological polar surface area (TPSA) is 71.5 Å². The molecule has 2 amide bonds. The molecule has 0 aliphatic carbocycles. The number of benzene rings is 1. The van der Waals surface area contributed by atoms with Gasteiger partial charge in [-0.25, -0.2) is 0 Å². The van der Waals surface area contributed by atoms with E-state index in [4.69, 9.17) is 4.74 Å². The molecule has 2 heterocycles. The Morgan fingerprint density at radius 3 is 2.41 bits per heavy atom. The number of hydrogen-bond donors (Lipinski definition) is 1. The number of hydrogen-bond acceptors (Lipinski definition) is 4. The van der Waals surface area contributed by atoms with Crippen molar-refractivity contribution in [3.8, 4) is 5.75 Å². The summed E-state index contributed by atoms with van der Waals surface area (Å²) >= 11 is 0. The van der Waals surface area contributed by atoms with Crippen molar-refractivity contribution in [2.24, 2.45) is 0 Å². The zero-order chi connectivity index (χ0) is 19.1. The first kappa shape index (κ1) is 18.9. The summed E-state index contributed by atoms with van der Waals surface area (Å²) in [5.74, 6) is 0.856. The second kappa shape index (κ2) is 9.16. The Kier molecular flexibility index (Phi) is 6.41. The second-order valence-electron chi connectivity index (χ2n) is 6.62. The first-order valence-corrected chi connectivity index (χ1v) is 9.36. The monoisotopic (exact) mass is 367 g/mol. The van der Waals surface area contributed by atoms with Gasteiger partial charge in [0, 0.05) is 37.1 Å². The highest BCUT2D eigenvalue weighted by Crippen LogP contribution is 2.16. The van der Waals surface area contributed by atoms with Gasteiger partial charge in [0.05, 0.1) is 13.0 Å². The minimum absolute atomic E-state index is 0.0865. The standard InChI is InChI=1S/C21H25N3O3/c1-2-27-19-5-3-16(4-6-19)15-20(25)24-13-9-18(10-14-24)23-21(26)17-7-11-22-12-8-17/h3-8,11-12,18H,2,9-10,13-15H2,1H3,(H,23,26). The van der Waals surface area contributed by atoms with Crippen molar-refractivity contribution < 1.29 is 14.3 Å². The lowest BCUT2D eigenvalue weighted by molar-refractivity contribution is -0.131. The number of nitrogens with zero attached hydrogens (tertiary/aromatic N) is 2. The Labute approximate surface area is 159 Å². The largest absolute Gasteiger partial charge is 0.494 e. The van der Waals surface area contributed by atoms with Gasteiger partial charge in [0.25, 0.3) is 5.91 Å². The molecule has 1 N–H and O–H groups in total. The first-order valence-electron chi connectivity index (χ1n) is 9.36. The number of pyridine rings is 1. The molecule has 6 nitrogen and oxygen atoms in total. The average molecular weight is 367 g/mol. The van der Waals surface area contributed by atoms with Gasteiger partial charge >= 0.3 is 0 Å². The number of ether oxygens (including phenoxy) is 1. The quantitative estimate of drug-likeness (QED) is 0.851. The minimum Gasteiger partial charge on any atom is -0.494 e. The van der Waals surface area contributed by atoms with Crippen LogP contribution in [-0.2, 0) is 11.2 Å². The Bertz CT molecular complexity index is 754. The molecular weight excluding hydrogens is 342 g/mol. The van der Waals surface area contributed by atoms with Crippen LogP contribution in [0.4, 0.5) is 0 Å². The van der Waals surface area contributed by atoms with E-state index in [9.17, 15) is 9.59 Å². The fraction of sp³-hybridized carbons (Fsp3) is 0.381. The van der Waals surface area contributed by atoms with Gasteiger partial charge in [0.1, 0.15) is 5.75 Å². The summed E-state index contributed by atoms with van der Waals surface area (Å²) in [6.07, 6.45) is 5.15. The van der Waals surface area contributed by atoms with Crippen LogP contribution in [0, 0.1) is 0 Å². The van der Waals surface area contributed by atoms with E-state index in [2.05, 4.69) is 10.3 Å². The summed E-state index contributed by atoms with van der Waals surface area (Å²) in [4.78, 5) is 30.5. The van der Waals surface area contributed by atoms with Crippen molar-refractivity contribution in [1.29, 1.82) is 0 Å². The zero-order valence-electron chi connectivity index (χ0n) is 15.6. The molecule has 1 fully saturated rings. The Balaban J connectivity index is 1.45. The van der Waals surface area contributed by atoms with Crippen LogP contribution in [0.25, 0.3) is 0 Å². The van der Waals surface area contributed by atoms with Crippen molar-refractivity contribution in [3.05, 3.63) is 59.9 Å². The van der Waals surface area contributed by atoms with Crippen molar-refractivity contribution in [2.45, 2.75) is 32.2 Å². The highest BCUT2D eigenvalue weighted by atomic mass is 16.5. The van der Waals surface area contributed by atoms with Crippen molar-refractivity contribution >= 4 is 11.8 Å². The van der Waals surface area contributed by atoms with Crippen molar-refractivity contribution in [3.63, 3.8) is 0 Å². The number of rotatable bonds is 6. The molecule has 0 radical (unpaired) electrons. The fourth-order valence-corrected chi connectivity index (χ4v) is 3.20. The van der Waals surface area contributed by atoms with Crippen LogP contribution >= 0.6 is 0 Å². The predicted molar refractivity (Wildman–Crippen MR) is 103 cm³/mol. The van der Waals surface area contributed by atoms with E-state index in [0.29, 0.717) is 31.7 Å². The minimum atomic E-state index is -0.0865. The van der Waals surface area contributed by atoms with Gasteiger partial charge in [-0.3, -0.25) is 14.6 Å². The van der Waals surface area contributed by atoms with E-state index >= 15 is 0 Å². The molecule has 0 saturated carbocycles. The van der Waals surface area contributed by atoms with Crippen LogP contribution < -0.4 is 10.1 Å². The third kappa shape index (κ3) is 5.29. The third-order valence-corrected chi connectivity index (χ3v) is 4.72. The van der Waals surface area contributed by atoms with Gasteiger partial charge in [-0.15, -0.1) is 0 Å². The lowest BCUT2D eigenvalue weighted by Gasteiger charge is -2.32. The van der Waals surface area contributed by atoms with Crippen LogP contribution in [0.1, 0.15) is 35.7 Å². The summed E-state index contributed by atoms with van der Waals surface area (Å²) < 4.78 is 5.42. The van der Waals surface area contributed by atoms with Gasteiger partial charge < -0.3 is 15.0 Å². The maximum absolute atomic E-state index is 12.5. The van der Waals surface area contributed by atoms with Crippen molar-refractivity contribution in [2.75, 3.05) is 19.7 Å². The van der Waals surface area contributed by atoms with Crippen LogP contribution in [0.2, 0.25) is 0 Å². The molecule has 0 spiro atoms. The number of carbonyl (C=O) groups is 2. The maximum Gasteiger partial charge on any atom is 0.251 e. The number of piperidine rings is 1. The van der Waals surface area contributed by atoms with Gasteiger partial charge in [0.15, 0.2) is 0 Å². The molecule has 2 aromatic rings. The smallest absolute Gasteiger partial charge is 0.251 e. The lowest BCUT2D eigenvalue weighted by Crippen LogP contribution is -2.47. The third-order valence-electron chi connectivity index (χ3n) is 4.72. The summed E-state index contributed by atoms with van der Waals surface area (Å²) in [7, 11) is 0. The molecule has 1 aliphatic heterocycles. The molecule has 3 rings (SSSR count). The van der Waals surface area contributed by atoms with Crippen LogP contribution in [0.15, 0.2) is 48.8 Å². The summed E-state index contributed by atoms with van der Waals surface area (Å²) in [5, 5.41) is 3.04. The molecule has 1 aromatic heterocycles. The average Bonchev–Trinajstić information content (AvgIpc) is 2.71. The second-order valence-corrected chi connectivity index (χ2v) is 6.62. The Hall–Kier alpha value is -2.89. The van der Waals surface area contributed by atoms with Crippen LogP contribution in [-0.4, -0.2) is 47.4 Å². The van der Waals surface area contributed by atoms with E-state index in [0.717, 1.165) is 24.2 Å². The normalized spacial score (nSPS) is 14.6. The molecular formula is C21H25N3O3. The van der Waals surface area contributed by atoms with Gasteiger partial charge in [0.2, 0.25) is 5.91 Å². The zero-order valence-corrected chi connectivity index (χ0v) is 15.6. The molecule has 27 heavy (non-hydrogen) atoms. The molecule has 142 valence electrons. The van der Waals surface area contributed by atoms with E-state index in [1.165, 1.54) is 0 Å². The molecule has 0 bridgehead atoms. The highest BCUT2D eigenvalue weighted by Gasteiger charge is 2.24. The number of amides is 2. The summed E-state index contributed by atoms with van der Waals surface area (Å²) in [6, 6.07) is 11.2. The summed E-state index contributed by atoms with van der Waals surface area (Å²) in [5.41, 5.74) is 1.59. The molecule has 0 atom stereocenters. The molecule has 0 unspecified atom stereocenters. The van der Waals surface area contributed by atoms with Crippen molar-refractivity contribution in [1.82, 2.24) is 15.2 Å². The number of likely N-dealkylation sites (tertiary alicyclic amines) is 1.